The summed E-state index contributed by atoms with van der Waals surface area (Å²) in [6, 6.07) is 0. The van der Waals surface area contributed by atoms with Crippen LogP contribution in [0, 0.1) is 0 Å². The molecule has 0 aliphatic carbocycles. The van der Waals surface area contributed by atoms with Crippen LogP contribution in [0.2, 0.25) is 0 Å². The Morgan fingerprint density at radius 1 is 0.818 bits per heavy atom. The molecule has 0 spiro atoms. The van der Waals surface area contributed by atoms with Gasteiger partial charge in [-0.05, 0) is 12.8 Å². The molecule has 130 valence electrons. The first-order valence-corrected chi connectivity index (χ1v) is 9.60. The zero-order chi connectivity index (χ0) is 15.9. The molecule has 1 atom stereocenters. The van der Waals surface area contributed by atoms with E-state index in [1.807, 2.05) is 0 Å². The molecule has 0 aromatic heterocycles. The number of carbonyl (C=O) groups is 1. The van der Waals surface area contributed by atoms with Gasteiger partial charge < -0.3 is 9.47 Å². The lowest BCUT2D eigenvalue weighted by Crippen LogP contribution is -2.32. The molecule has 0 N–H and O–H groups in total. The Labute approximate surface area is 137 Å². The van der Waals surface area contributed by atoms with Crippen molar-refractivity contribution in [1.82, 2.24) is 0 Å². The van der Waals surface area contributed by atoms with Crippen LogP contribution in [0.25, 0.3) is 0 Å². The van der Waals surface area contributed by atoms with Gasteiger partial charge in [-0.15, -0.1) is 0 Å². The standard InChI is InChI=1S/C19H36O3/c1-2-3-4-5-6-7-8-9-10-11-12-13-14-15-18-16-21-17-19(20)22-18/h18H,2-17H2,1H3. The summed E-state index contributed by atoms with van der Waals surface area (Å²) < 4.78 is 10.4. The van der Waals surface area contributed by atoms with Crippen molar-refractivity contribution >= 4 is 5.97 Å². The molecule has 0 radical (unpaired) electrons. The molecule has 3 nitrogen and oxygen atoms in total. The van der Waals surface area contributed by atoms with E-state index >= 15 is 0 Å². The van der Waals surface area contributed by atoms with Gasteiger partial charge in [0.1, 0.15) is 12.7 Å². The summed E-state index contributed by atoms with van der Waals surface area (Å²) in [6.45, 7) is 2.99. The number of unbranched alkanes of at least 4 members (excludes halogenated alkanes) is 12. The highest BCUT2D eigenvalue weighted by Crippen LogP contribution is 2.15. The van der Waals surface area contributed by atoms with Crippen molar-refractivity contribution in [3.8, 4) is 0 Å². The molecular weight excluding hydrogens is 276 g/mol. The monoisotopic (exact) mass is 312 g/mol. The lowest BCUT2D eigenvalue weighted by atomic mass is 10.0. The van der Waals surface area contributed by atoms with E-state index in [4.69, 9.17) is 9.47 Å². The fourth-order valence-electron chi connectivity index (χ4n) is 3.06. The zero-order valence-corrected chi connectivity index (χ0v) is 14.6. The number of cyclic esters (lactones) is 1. The summed E-state index contributed by atoms with van der Waals surface area (Å²) in [5.41, 5.74) is 0. The molecule has 1 rings (SSSR count). The molecule has 3 heteroatoms. The first kappa shape index (κ1) is 19.5. The maximum Gasteiger partial charge on any atom is 0.332 e. The molecule has 22 heavy (non-hydrogen) atoms. The average Bonchev–Trinajstić information content (AvgIpc) is 2.52. The second-order valence-electron chi connectivity index (χ2n) is 6.66. The topological polar surface area (TPSA) is 35.5 Å². The summed E-state index contributed by atoms with van der Waals surface area (Å²) in [5, 5.41) is 0. The van der Waals surface area contributed by atoms with E-state index in [0.717, 1.165) is 12.8 Å². The summed E-state index contributed by atoms with van der Waals surface area (Å²) in [5.74, 6) is -0.203. The SMILES string of the molecule is CCCCCCCCCCCCCCCC1COCC(=O)O1. The van der Waals surface area contributed by atoms with E-state index in [0.29, 0.717) is 6.61 Å². The average molecular weight is 312 g/mol. The smallest absolute Gasteiger partial charge is 0.332 e. The second kappa shape index (κ2) is 14.0. The van der Waals surface area contributed by atoms with E-state index < -0.39 is 0 Å². The molecule has 0 amide bonds. The first-order chi connectivity index (χ1) is 10.8. The normalized spacial score (nSPS) is 18.4. The van der Waals surface area contributed by atoms with Gasteiger partial charge in [-0.25, -0.2) is 4.79 Å². The summed E-state index contributed by atoms with van der Waals surface area (Å²) in [7, 11) is 0. The van der Waals surface area contributed by atoms with Crippen LogP contribution in [0.5, 0.6) is 0 Å². The summed E-state index contributed by atoms with van der Waals surface area (Å²) in [4.78, 5) is 11.1. The van der Waals surface area contributed by atoms with Gasteiger partial charge in [-0.1, -0.05) is 84.0 Å². The third kappa shape index (κ3) is 11.1. The molecule has 1 fully saturated rings. The fourth-order valence-corrected chi connectivity index (χ4v) is 3.06. The van der Waals surface area contributed by atoms with Crippen LogP contribution in [0.4, 0.5) is 0 Å². The first-order valence-electron chi connectivity index (χ1n) is 9.60. The van der Waals surface area contributed by atoms with E-state index in [-0.39, 0.29) is 18.7 Å². The number of esters is 1. The second-order valence-corrected chi connectivity index (χ2v) is 6.66. The number of rotatable bonds is 14. The highest BCUT2D eigenvalue weighted by atomic mass is 16.6. The number of hydrogen-bond donors (Lipinski definition) is 0. The van der Waals surface area contributed by atoms with Gasteiger partial charge in [0, 0.05) is 0 Å². The predicted octanol–water partition coefficient (Wildman–Crippen LogP) is 5.41. The Hall–Kier alpha value is -0.570. The Morgan fingerprint density at radius 3 is 1.82 bits per heavy atom. The molecule has 1 aliphatic heterocycles. The van der Waals surface area contributed by atoms with E-state index in [9.17, 15) is 4.79 Å². The summed E-state index contributed by atoms with van der Waals surface area (Å²) >= 11 is 0. The molecule has 1 heterocycles. The maximum atomic E-state index is 11.1. The Kier molecular flexibility index (Phi) is 12.4. The van der Waals surface area contributed by atoms with Crippen molar-refractivity contribution in [2.45, 2.75) is 103 Å². The molecule has 0 aromatic rings. The van der Waals surface area contributed by atoms with E-state index in [1.54, 1.807) is 0 Å². The van der Waals surface area contributed by atoms with Crippen LogP contribution < -0.4 is 0 Å². The predicted molar refractivity (Wildman–Crippen MR) is 91.0 cm³/mol. The number of carbonyl (C=O) groups excluding carboxylic acids is 1. The van der Waals surface area contributed by atoms with E-state index in [1.165, 1.54) is 77.0 Å². The molecule has 0 saturated carbocycles. The molecule has 1 saturated heterocycles. The minimum atomic E-state index is -0.203. The number of hydrogen-bond acceptors (Lipinski definition) is 3. The lowest BCUT2D eigenvalue weighted by Gasteiger charge is -2.22. The van der Waals surface area contributed by atoms with Crippen LogP contribution in [0.3, 0.4) is 0 Å². The molecule has 0 aromatic carbocycles. The minimum Gasteiger partial charge on any atom is -0.458 e. The lowest BCUT2D eigenvalue weighted by molar-refractivity contribution is -0.170. The van der Waals surface area contributed by atoms with Crippen LogP contribution in [-0.4, -0.2) is 25.3 Å². The molecular formula is C19H36O3. The van der Waals surface area contributed by atoms with Gasteiger partial charge >= 0.3 is 5.97 Å². The fraction of sp³-hybridized carbons (Fsp3) is 0.947. The van der Waals surface area contributed by atoms with Crippen molar-refractivity contribution in [2.75, 3.05) is 13.2 Å². The molecule has 1 unspecified atom stereocenters. The third-order valence-corrected chi connectivity index (χ3v) is 4.45. The van der Waals surface area contributed by atoms with Gasteiger partial charge in [0.05, 0.1) is 6.61 Å². The number of ether oxygens (including phenoxy) is 2. The third-order valence-electron chi connectivity index (χ3n) is 4.45. The van der Waals surface area contributed by atoms with Gasteiger partial charge in [0.2, 0.25) is 0 Å². The van der Waals surface area contributed by atoms with Crippen molar-refractivity contribution in [2.24, 2.45) is 0 Å². The van der Waals surface area contributed by atoms with Crippen LogP contribution in [-0.2, 0) is 14.3 Å². The largest absolute Gasteiger partial charge is 0.458 e. The van der Waals surface area contributed by atoms with Gasteiger partial charge in [-0.2, -0.15) is 0 Å². The van der Waals surface area contributed by atoms with Crippen molar-refractivity contribution in [3.63, 3.8) is 0 Å². The Morgan fingerprint density at radius 2 is 1.32 bits per heavy atom. The quantitative estimate of drug-likeness (QED) is 0.318. The zero-order valence-electron chi connectivity index (χ0n) is 14.6. The van der Waals surface area contributed by atoms with Crippen LogP contribution >= 0.6 is 0 Å². The van der Waals surface area contributed by atoms with Gasteiger partial charge in [0.15, 0.2) is 0 Å². The Bertz CT molecular complexity index is 265. The van der Waals surface area contributed by atoms with Crippen molar-refractivity contribution in [1.29, 1.82) is 0 Å². The van der Waals surface area contributed by atoms with Gasteiger partial charge in [-0.3, -0.25) is 0 Å². The highest BCUT2D eigenvalue weighted by molar-refractivity contribution is 5.71. The van der Waals surface area contributed by atoms with Gasteiger partial charge in [0.25, 0.3) is 0 Å². The minimum absolute atomic E-state index is 0.00829. The van der Waals surface area contributed by atoms with Crippen LogP contribution in [0.15, 0.2) is 0 Å². The van der Waals surface area contributed by atoms with E-state index in [2.05, 4.69) is 6.92 Å². The van der Waals surface area contributed by atoms with Crippen LogP contribution in [0.1, 0.15) is 96.8 Å². The molecule has 0 bridgehead atoms. The molecule has 1 aliphatic rings. The highest BCUT2D eigenvalue weighted by Gasteiger charge is 2.19. The summed E-state index contributed by atoms with van der Waals surface area (Å²) in [6.07, 6.45) is 18.7. The van der Waals surface area contributed by atoms with Crippen molar-refractivity contribution < 1.29 is 14.3 Å². The van der Waals surface area contributed by atoms with Crippen molar-refractivity contribution in [3.05, 3.63) is 0 Å². The Balaban J connectivity index is 1.74. The maximum absolute atomic E-state index is 11.1.